The molecule has 0 unspecified atom stereocenters. The Morgan fingerprint density at radius 1 is 0.913 bits per heavy atom. The van der Waals surface area contributed by atoms with Crippen LogP contribution in [0.4, 0.5) is 5.69 Å². The van der Waals surface area contributed by atoms with Crippen LogP contribution in [-0.2, 0) is 6.42 Å². The van der Waals surface area contributed by atoms with Crippen molar-refractivity contribution in [3.8, 4) is 0 Å². The lowest BCUT2D eigenvalue weighted by molar-refractivity contribution is 0.514. The first-order valence-electron chi connectivity index (χ1n) is 8.07. The van der Waals surface area contributed by atoms with E-state index < -0.39 is 0 Å². The molecule has 1 fully saturated rings. The summed E-state index contributed by atoms with van der Waals surface area (Å²) < 4.78 is 0. The van der Waals surface area contributed by atoms with E-state index in [0.29, 0.717) is 12.3 Å². The molecular formula is C19H22N4. The lowest BCUT2D eigenvalue weighted by Crippen LogP contribution is -2.29. The van der Waals surface area contributed by atoms with Gasteiger partial charge in [0.05, 0.1) is 5.69 Å². The van der Waals surface area contributed by atoms with Crippen LogP contribution in [-0.4, -0.2) is 29.8 Å². The maximum absolute atomic E-state index is 6.17. The maximum atomic E-state index is 6.17. The first kappa shape index (κ1) is 15.3. The summed E-state index contributed by atoms with van der Waals surface area (Å²) in [5.41, 5.74) is 8.24. The predicted molar refractivity (Wildman–Crippen MR) is 96.1 cm³/mol. The fraction of sp³-hybridized carbons (Fsp3) is 0.263. The molecule has 0 aliphatic carbocycles. The number of hydrogen-bond donors (Lipinski definition) is 1. The highest BCUT2D eigenvalue weighted by Crippen LogP contribution is 2.15. The van der Waals surface area contributed by atoms with Crippen molar-refractivity contribution < 1.29 is 0 Å². The van der Waals surface area contributed by atoms with Crippen LogP contribution in [0.25, 0.3) is 0 Å². The number of hydrogen-bond acceptors (Lipinski definition) is 1. The van der Waals surface area contributed by atoms with Crippen LogP contribution in [0.3, 0.4) is 0 Å². The average Bonchev–Trinajstić information content (AvgIpc) is 3.10. The Kier molecular flexibility index (Phi) is 5.04. The van der Waals surface area contributed by atoms with Crippen molar-refractivity contribution in [2.75, 3.05) is 13.1 Å². The van der Waals surface area contributed by atoms with Crippen molar-refractivity contribution in [3.63, 3.8) is 0 Å². The molecule has 0 bridgehead atoms. The van der Waals surface area contributed by atoms with Crippen LogP contribution in [0.15, 0.2) is 70.6 Å². The standard InChI is InChI=1S/C19H22N4/c20-18(15-16-9-3-1-4-10-16)22-19(23-13-7-8-14-23)21-17-11-5-2-6-12-17/h1-6,9-12H,7-8,13-15H2,(H2,20,21,22). The molecule has 118 valence electrons. The Bertz CT molecular complexity index is 671. The van der Waals surface area contributed by atoms with Gasteiger partial charge in [0.1, 0.15) is 5.84 Å². The van der Waals surface area contributed by atoms with E-state index in [2.05, 4.69) is 22.0 Å². The van der Waals surface area contributed by atoms with Gasteiger partial charge >= 0.3 is 0 Å². The first-order chi connectivity index (χ1) is 11.3. The van der Waals surface area contributed by atoms with Crippen molar-refractivity contribution in [1.82, 2.24) is 4.90 Å². The Morgan fingerprint density at radius 3 is 2.17 bits per heavy atom. The van der Waals surface area contributed by atoms with E-state index >= 15 is 0 Å². The van der Waals surface area contributed by atoms with E-state index in [1.54, 1.807) is 0 Å². The highest BCUT2D eigenvalue weighted by Gasteiger charge is 2.16. The second-order valence-electron chi connectivity index (χ2n) is 5.71. The number of likely N-dealkylation sites (tertiary alicyclic amines) is 1. The minimum atomic E-state index is 0.595. The van der Waals surface area contributed by atoms with Crippen molar-refractivity contribution in [1.29, 1.82) is 0 Å². The third-order valence-corrected chi connectivity index (χ3v) is 3.85. The molecular weight excluding hydrogens is 284 g/mol. The fourth-order valence-electron chi connectivity index (χ4n) is 2.67. The maximum Gasteiger partial charge on any atom is 0.227 e. The SMILES string of the molecule is NC(Cc1ccccc1)=NC(=Nc1ccccc1)N1CCCC1. The lowest BCUT2D eigenvalue weighted by Gasteiger charge is -2.17. The van der Waals surface area contributed by atoms with Crippen molar-refractivity contribution >= 4 is 17.5 Å². The summed E-state index contributed by atoms with van der Waals surface area (Å²) in [6.45, 7) is 1.99. The molecule has 1 aliphatic heterocycles. The van der Waals surface area contributed by atoms with Crippen LogP contribution in [0.1, 0.15) is 18.4 Å². The molecule has 1 heterocycles. The van der Waals surface area contributed by atoms with Gasteiger partial charge in [0.15, 0.2) is 0 Å². The van der Waals surface area contributed by atoms with E-state index in [1.165, 1.54) is 12.8 Å². The van der Waals surface area contributed by atoms with Gasteiger partial charge in [-0.25, -0.2) is 9.98 Å². The largest absolute Gasteiger partial charge is 0.387 e. The average molecular weight is 306 g/mol. The molecule has 2 aromatic carbocycles. The Morgan fingerprint density at radius 2 is 1.52 bits per heavy atom. The molecule has 3 rings (SSSR count). The zero-order chi connectivity index (χ0) is 15.9. The minimum absolute atomic E-state index is 0.595. The molecule has 1 aliphatic rings. The molecule has 0 saturated carbocycles. The van der Waals surface area contributed by atoms with Gasteiger partial charge in [0.25, 0.3) is 0 Å². The molecule has 23 heavy (non-hydrogen) atoms. The van der Waals surface area contributed by atoms with Crippen LogP contribution in [0.2, 0.25) is 0 Å². The fourth-order valence-corrected chi connectivity index (χ4v) is 2.67. The molecule has 1 saturated heterocycles. The third kappa shape index (κ3) is 4.42. The summed E-state index contributed by atoms with van der Waals surface area (Å²) in [7, 11) is 0. The number of benzene rings is 2. The van der Waals surface area contributed by atoms with Gasteiger partial charge in [-0.2, -0.15) is 0 Å². The van der Waals surface area contributed by atoms with E-state index in [-0.39, 0.29) is 0 Å². The van der Waals surface area contributed by atoms with E-state index in [4.69, 9.17) is 10.7 Å². The van der Waals surface area contributed by atoms with E-state index in [0.717, 1.165) is 30.3 Å². The van der Waals surface area contributed by atoms with Crippen LogP contribution >= 0.6 is 0 Å². The van der Waals surface area contributed by atoms with E-state index in [9.17, 15) is 0 Å². The molecule has 0 atom stereocenters. The van der Waals surface area contributed by atoms with Crippen LogP contribution < -0.4 is 5.73 Å². The second kappa shape index (κ2) is 7.58. The number of rotatable bonds is 3. The molecule has 2 aromatic rings. The van der Waals surface area contributed by atoms with Crippen molar-refractivity contribution in [2.24, 2.45) is 15.7 Å². The molecule has 2 N–H and O–H groups in total. The minimum Gasteiger partial charge on any atom is -0.387 e. The van der Waals surface area contributed by atoms with Crippen molar-refractivity contribution in [3.05, 3.63) is 66.2 Å². The quantitative estimate of drug-likeness (QED) is 0.698. The summed E-state index contributed by atoms with van der Waals surface area (Å²) in [6, 6.07) is 20.1. The molecule has 0 aromatic heterocycles. The van der Waals surface area contributed by atoms with Crippen LogP contribution in [0.5, 0.6) is 0 Å². The summed E-state index contributed by atoms with van der Waals surface area (Å²) in [4.78, 5) is 11.5. The number of para-hydroxylation sites is 1. The molecule has 0 radical (unpaired) electrons. The van der Waals surface area contributed by atoms with Gasteiger partial charge in [-0.1, -0.05) is 48.5 Å². The van der Waals surface area contributed by atoms with Crippen molar-refractivity contribution in [2.45, 2.75) is 19.3 Å². The topological polar surface area (TPSA) is 54.0 Å². The van der Waals surface area contributed by atoms with Gasteiger partial charge in [-0.3, -0.25) is 0 Å². The first-order valence-corrected chi connectivity index (χ1v) is 8.07. The number of amidine groups is 1. The van der Waals surface area contributed by atoms with E-state index in [1.807, 2.05) is 48.5 Å². The monoisotopic (exact) mass is 306 g/mol. The van der Waals surface area contributed by atoms with Gasteiger partial charge in [-0.15, -0.1) is 0 Å². The predicted octanol–water partition coefficient (Wildman–Crippen LogP) is 3.37. The smallest absolute Gasteiger partial charge is 0.227 e. The van der Waals surface area contributed by atoms with Crippen LogP contribution in [0, 0.1) is 0 Å². The normalized spacial score (nSPS) is 15.9. The van der Waals surface area contributed by atoms with Gasteiger partial charge in [0, 0.05) is 19.5 Å². The Hall–Kier alpha value is -2.62. The summed E-state index contributed by atoms with van der Waals surface area (Å²) in [6.07, 6.45) is 3.01. The zero-order valence-electron chi connectivity index (χ0n) is 13.2. The number of aliphatic imine (C=N–C) groups is 2. The lowest BCUT2D eigenvalue weighted by atomic mass is 10.1. The molecule has 4 nitrogen and oxygen atoms in total. The zero-order valence-corrected chi connectivity index (χ0v) is 13.2. The van der Waals surface area contributed by atoms with Gasteiger partial charge in [-0.05, 0) is 30.5 Å². The molecule has 0 spiro atoms. The number of guanidine groups is 1. The Labute approximate surface area is 137 Å². The molecule has 4 heteroatoms. The highest BCUT2D eigenvalue weighted by atomic mass is 15.3. The number of nitrogens with zero attached hydrogens (tertiary/aromatic N) is 3. The summed E-state index contributed by atoms with van der Waals surface area (Å²) >= 11 is 0. The Balaban J connectivity index is 1.83. The molecule has 0 amide bonds. The van der Waals surface area contributed by atoms with Gasteiger partial charge < -0.3 is 10.6 Å². The summed E-state index contributed by atoms with van der Waals surface area (Å²) in [5, 5.41) is 0. The summed E-state index contributed by atoms with van der Waals surface area (Å²) in [5.74, 6) is 1.32. The number of nitrogens with two attached hydrogens (primary N) is 1. The van der Waals surface area contributed by atoms with Gasteiger partial charge in [0.2, 0.25) is 5.96 Å². The second-order valence-corrected chi connectivity index (χ2v) is 5.71. The third-order valence-electron chi connectivity index (χ3n) is 3.85. The highest BCUT2D eigenvalue weighted by molar-refractivity contribution is 5.97.